The molecule has 0 spiro atoms. The van der Waals surface area contributed by atoms with Crippen LogP contribution in [0.3, 0.4) is 0 Å². The first-order chi connectivity index (χ1) is 16.8. The summed E-state index contributed by atoms with van der Waals surface area (Å²) in [7, 11) is 1.96. The maximum absolute atomic E-state index is 13.2. The fourth-order valence-corrected chi connectivity index (χ4v) is 4.64. The zero-order valence-corrected chi connectivity index (χ0v) is 20.9. The van der Waals surface area contributed by atoms with Gasteiger partial charge in [-0.05, 0) is 56.2 Å². The first-order valence-electron chi connectivity index (χ1n) is 12.3. The van der Waals surface area contributed by atoms with E-state index in [1.54, 1.807) is 17.0 Å². The van der Waals surface area contributed by atoms with E-state index in [9.17, 15) is 14.7 Å². The van der Waals surface area contributed by atoms with Gasteiger partial charge in [-0.2, -0.15) is 0 Å². The monoisotopic (exact) mass is 478 g/mol. The number of anilines is 1. The number of rotatable bonds is 8. The van der Waals surface area contributed by atoms with E-state index >= 15 is 0 Å². The molecular weight excluding hydrogens is 444 g/mol. The van der Waals surface area contributed by atoms with Gasteiger partial charge in [-0.15, -0.1) is 0 Å². The average Bonchev–Trinajstić information content (AvgIpc) is 3.09. The van der Waals surface area contributed by atoms with Crippen LogP contribution in [0.1, 0.15) is 57.2 Å². The number of benzene rings is 2. The van der Waals surface area contributed by atoms with Crippen molar-refractivity contribution in [1.82, 2.24) is 4.90 Å². The van der Waals surface area contributed by atoms with Gasteiger partial charge in [0.05, 0.1) is 30.0 Å². The molecule has 7 nitrogen and oxygen atoms in total. The van der Waals surface area contributed by atoms with Crippen LogP contribution in [0, 0.1) is 0 Å². The van der Waals surface area contributed by atoms with Crippen LogP contribution in [0.25, 0.3) is 5.76 Å². The fraction of sp³-hybridized carbons (Fsp3) is 0.429. The number of carbonyl (C=O) groups excluding carboxylic acids is 2. The molecule has 1 fully saturated rings. The van der Waals surface area contributed by atoms with Crippen molar-refractivity contribution in [3.8, 4) is 11.5 Å². The first-order valence-corrected chi connectivity index (χ1v) is 12.3. The Morgan fingerprint density at radius 1 is 1.14 bits per heavy atom. The third kappa shape index (κ3) is 4.99. The standard InChI is InChI=1S/C28H34N2O5/c1-5-6-7-14-30-25(19-8-11-21(12-9-19)35-18(2)3)24(27(32)28(30)33)26(31)20-10-13-23-22(17-20)29(4)15-16-34-23/h8-13,17-18,25,31H,5-7,14-16H2,1-4H3/b26-24-. The van der Waals surface area contributed by atoms with E-state index in [0.717, 1.165) is 42.8 Å². The minimum Gasteiger partial charge on any atom is -0.507 e. The van der Waals surface area contributed by atoms with E-state index in [4.69, 9.17) is 9.47 Å². The number of fused-ring (bicyclic) bond motifs is 1. The van der Waals surface area contributed by atoms with Gasteiger partial charge in [-0.1, -0.05) is 31.9 Å². The Morgan fingerprint density at radius 2 is 1.89 bits per heavy atom. The number of ketones is 1. The Morgan fingerprint density at radius 3 is 2.57 bits per heavy atom. The summed E-state index contributed by atoms with van der Waals surface area (Å²) >= 11 is 0. The zero-order valence-electron chi connectivity index (χ0n) is 20.9. The van der Waals surface area contributed by atoms with E-state index in [1.165, 1.54) is 0 Å². The SMILES string of the molecule is CCCCCN1C(=O)C(=O)/C(=C(\O)c2ccc3c(c2)N(C)CCO3)C1c1ccc(OC(C)C)cc1. The van der Waals surface area contributed by atoms with Crippen molar-refractivity contribution in [3.05, 3.63) is 59.2 Å². The van der Waals surface area contributed by atoms with Gasteiger partial charge >= 0.3 is 0 Å². The Balaban J connectivity index is 1.78. The number of unbranched alkanes of at least 4 members (excludes halogenated alkanes) is 2. The lowest BCUT2D eigenvalue weighted by Crippen LogP contribution is -2.30. The van der Waals surface area contributed by atoms with Gasteiger partial charge in [0.15, 0.2) is 0 Å². The van der Waals surface area contributed by atoms with Crippen LogP contribution in [-0.2, 0) is 9.59 Å². The molecule has 1 amide bonds. The highest BCUT2D eigenvalue weighted by Crippen LogP contribution is 2.41. The lowest BCUT2D eigenvalue weighted by atomic mass is 9.94. The summed E-state index contributed by atoms with van der Waals surface area (Å²) in [6.45, 7) is 7.77. The van der Waals surface area contributed by atoms with Gasteiger partial charge in [0.2, 0.25) is 0 Å². The van der Waals surface area contributed by atoms with Crippen molar-refractivity contribution >= 4 is 23.1 Å². The molecule has 2 aliphatic heterocycles. The van der Waals surface area contributed by atoms with Gasteiger partial charge < -0.3 is 24.4 Å². The van der Waals surface area contributed by atoms with Crippen molar-refractivity contribution in [3.63, 3.8) is 0 Å². The number of carbonyl (C=O) groups is 2. The van der Waals surface area contributed by atoms with Crippen molar-refractivity contribution in [1.29, 1.82) is 0 Å². The quantitative estimate of drug-likeness (QED) is 0.251. The first kappa shape index (κ1) is 24.6. The van der Waals surface area contributed by atoms with Crippen LogP contribution >= 0.6 is 0 Å². The molecule has 0 bridgehead atoms. The third-order valence-corrected chi connectivity index (χ3v) is 6.44. The molecule has 186 valence electrons. The minimum atomic E-state index is -0.662. The number of nitrogens with zero attached hydrogens (tertiary/aromatic N) is 2. The molecule has 1 atom stereocenters. The molecule has 2 aliphatic rings. The molecule has 0 radical (unpaired) electrons. The number of amides is 1. The van der Waals surface area contributed by atoms with E-state index in [-0.39, 0.29) is 17.4 Å². The molecule has 2 aromatic carbocycles. The van der Waals surface area contributed by atoms with E-state index in [1.807, 2.05) is 56.1 Å². The molecule has 35 heavy (non-hydrogen) atoms. The summed E-state index contributed by atoms with van der Waals surface area (Å²) in [6.07, 6.45) is 2.77. The van der Waals surface area contributed by atoms with E-state index in [0.29, 0.717) is 24.5 Å². The van der Waals surface area contributed by atoms with Crippen LogP contribution in [0.2, 0.25) is 0 Å². The number of aliphatic hydroxyl groups excluding tert-OH is 1. The molecule has 2 heterocycles. The Hall–Kier alpha value is -3.48. The van der Waals surface area contributed by atoms with Crippen molar-refractivity contribution in [2.45, 2.75) is 52.2 Å². The van der Waals surface area contributed by atoms with Gasteiger partial charge in [0.1, 0.15) is 23.9 Å². The van der Waals surface area contributed by atoms with E-state index in [2.05, 4.69) is 6.92 Å². The van der Waals surface area contributed by atoms with Crippen LogP contribution in [0.4, 0.5) is 5.69 Å². The summed E-state index contributed by atoms with van der Waals surface area (Å²) in [5.41, 5.74) is 2.20. The topological polar surface area (TPSA) is 79.3 Å². The number of likely N-dealkylation sites (N-methyl/N-ethyl adjacent to an activating group) is 1. The van der Waals surface area contributed by atoms with Crippen LogP contribution in [0.15, 0.2) is 48.0 Å². The summed E-state index contributed by atoms with van der Waals surface area (Å²) in [4.78, 5) is 30.0. The maximum Gasteiger partial charge on any atom is 0.295 e. The average molecular weight is 479 g/mol. The molecule has 1 unspecified atom stereocenters. The Bertz CT molecular complexity index is 1120. The van der Waals surface area contributed by atoms with Crippen molar-refractivity contribution in [2.24, 2.45) is 0 Å². The summed E-state index contributed by atoms with van der Waals surface area (Å²) in [5.74, 6) is 0.0371. The summed E-state index contributed by atoms with van der Waals surface area (Å²) in [6, 6.07) is 12.1. The second-order valence-corrected chi connectivity index (χ2v) is 9.39. The lowest BCUT2D eigenvalue weighted by Gasteiger charge is -2.28. The van der Waals surface area contributed by atoms with Crippen molar-refractivity contribution < 1.29 is 24.2 Å². The van der Waals surface area contributed by atoms with Crippen LogP contribution < -0.4 is 14.4 Å². The largest absolute Gasteiger partial charge is 0.507 e. The molecule has 7 heteroatoms. The normalized spacial score (nSPS) is 19.2. The number of hydrogen-bond donors (Lipinski definition) is 1. The second-order valence-electron chi connectivity index (χ2n) is 9.39. The highest BCUT2D eigenvalue weighted by Gasteiger charge is 2.45. The van der Waals surface area contributed by atoms with Gasteiger partial charge in [-0.3, -0.25) is 9.59 Å². The molecule has 1 saturated heterocycles. The smallest absolute Gasteiger partial charge is 0.295 e. The number of aliphatic hydroxyl groups is 1. The number of hydrogen-bond acceptors (Lipinski definition) is 6. The summed E-state index contributed by atoms with van der Waals surface area (Å²) in [5, 5.41) is 11.4. The number of ether oxygens (including phenoxy) is 2. The Kier molecular flexibility index (Phi) is 7.34. The van der Waals surface area contributed by atoms with Gasteiger partial charge in [0.25, 0.3) is 11.7 Å². The predicted octanol–water partition coefficient (Wildman–Crippen LogP) is 4.91. The predicted molar refractivity (Wildman–Crippen MR) is 136 cm³/mol. The molecule has 0 saturated carbocycles. The van der Waals surface area contributed by atoms with Gasteiger partial charge in [-0.25, -0.2) is 0 Å². The van der Waals surface area contributed by atoms with Crippen molar-refractivity contribution in [2.75, 3.05) is 31.6 Å². The highest BCUT2D eigenvalue weighted by atomic mass is 16.5. The fourth-order valence-electron chi connectivity index (χ4n) is 4.64. The molecule has 0 aliphatic carbocycles. The molecule has 2 aromatic rings. The Labute approximate surface area is 206 Å². The van der Waals surface area contributed by atoms with Crippen LogP contribution in [-0.4, -0.2) is 54.5 Å². The highest BCUT2D eigenvalue weighted by molar-refractivity contribution is 6.46. The minimum absolute atomic E-state index is 0.0339. The maximum atomic E-state index is 13.2. The second kappa shape index (κ2) is 10.4. The third-order valence-electron chi connectivity index (χ3n) is 6.44. The lowest BCUT2D eigenvalue weighted by molar-refractivity contribution is -0.139. The zero-order chi connectivity index (χ0) is 25.1. The number of likely N-dealkylation sites (tertiary alicyclic amines) is 1. The molecule has 1 N–H and O–H groups in total. The molecule has 0 aromatic heterocycles. The van der Waals surface area contributed by atoms with Gasteiger partial charge in [0, 0.05) is 19.2 Å². The number of Topliss-reactive ketones (excluding diaryl/α,β-unsaturated/α-hetero) is 1. The molecule has 4 rings (SSSR count). The molecular formula is C28H34N2O5. The van der Waals surface area contributed by atoms with Crippen LogP contribution in [0.5, 0.6) is 11.5 Å². The summed E-state index contributed by atoms with van der Waals surface area (Å²) < 4.78 is 11.5. The van der Waals surface area contributed by atoms with E-state index < -0.39 is 17.7 Å².